The van der Waals surface area contributed by atoms with E-state index in [2.05, 4.69) is 4.74 Å². The Bertz CT molecular complexity index is 535. The molecule has 1 amide bonds. The van der Waals surface area contributed by atoms with E-state index >= 15 is 0 Å². The summed E-state index contributed by atoms with van der Waals surface area (Å²) in [5, 5.41) is 0.399. The van der Waals surface area contributed by atoms with Gasteiger partial charge in [-0.2, -0.15) is 0 Å². The van der Waals surface area contributed by atoms with Crippen LogP contribution in [0.15, 0.2) is 18.2 Å². The lowest BCUT2D eigenvalue weighted by Crippen LogP contribution is -2.48. The van der Waals surface area contributed by atoms with Crippen LogP contribution in [0, 0.1) is 0 Å². The number of nitrogen functional groups attached to an aromatic ring is 1. The molecule has 0 aliphatic carbocycles. The molecule has 108 valence electrons. The smallest absolute Gasteiger partial charge is 0.336 e. The lowest BCUT2D eigenvalue weighted by Gasteiger charge is -2.31. The second-order valence-corrected chi connectivity index (χ2v) is 4.78. The Labute approximate surface area is 121 Å². The number of nitrogens with two attached hydrogens (primary N) is 1. The fraction of sp³-hybridized carbons (Fsp3) is 0.385. The Morgan fingerprint density at radius 3 is 2.90 bits per heavy atom. The van der Waals surface area contributed by atoms with Gasteiger partial charge in [0.15, 0.2) is 6.10 Å². The summed E-state index contributed by atoms with van der Waals surface area (Å²) in [5.74, 6) is -0.705. The molecule has 0 saturated carbocycles. The first-order valence-corrected chi connectivity index (χ1v) is 6.44. The van der Waals surface area contributed by atoms with Crippen LogP contribution in [0.3, 0.4) is 0 Å². The van der Waals surface area contributed by atoms with Crippen LogP contribution in [-0.2, 0) is 14.3 Å². The van der Waals surface area contributed by atoms with Crippen LogP contribution in [0.1, 0.15) is 10.4 Å². The summed E-state index contributed by atoms with van der Waals surface area (Å²) < 4.78 is 9.89. The van der Waals surface area contributed by atoms with Crippen LogP contribution in [0.2, 0.25) is 5.02 Å². The molecule has 6 nitrogen and oxygen atoms in total. The number of halogens is 1. The molecule has 1 aliphatic rings. The molecular weight excluding hydrogens is 284 g/mol. The molecule has 1 aromatic carbocycles. The van der Waals surface area contributed by atoms with Gasteiger partial charge in [0.1, 0.15) is 0 Å². The molecule has 20 heavy (non-hydrogen) atoms. The third kappa shape index (κ3) is 3.02. The molecule has 1 aliphatic heterocycles. The predicted octanol–water partition coefficient (Wildman–Crippen LogP) is 0.936. The number of amides is 1. The first kappa shape index (κ1) is 14.6. The summed E-state index contributed by atoms with van der Waals surface area (Å²) in [4.78, 5) is 25.3. The predicted molar refractivity (Wildman–Crippen MR) is 73.5 cm³/mol. The first-order chi connectivity index (χ1) is 9.52. The number of carbonyl (C=O) groups is 2. The number of methoxy groups -OCH3 is 1. The monoisotopic (exact) mass is 298 g/mol. The minimum atomic E-state index is -0.748. The van der Waals surface area contributed by atoms with Gasteiger partial charge in [-0.15, -0.1) is 0 Å². The van der Waals surface area contributed by atoms with Gasteiger partial charge in [-0.3, -0.25) is 4.79 Å². The highest BCUT2D eigenvalue weighted by molar-refractivity contribution is 6.33. The second-order valence-electron chi connectivity index (χ2n) is 4.37. The number of rotatable bonds is 2. The Morgan fingerprint density at radius 1 is 1.50 bits per heavy atom. The van der Waals surface area contributed by atoms with Crippen molar-refractivity contribution >= 4 is 29.2 Å². The quantitative estimate of drug-likeness (QED) is 0.649. The summed E-state index contributed by atoms with van der Waals surface area (Å²) in [6, 6.07) is 4.69. The number of hydrogen-bond donors (Lipinski definition) is 1. The standard InChI is InChI=1S/C13H15ClN2O4/c1-19-13(18)11-7-16(4-5-20-11)12(17)8-2-3-9(14)10(15)6-8/h2-3,6,11H,4-5,7,15H2,1H3. The topological polar surface area (TPSA) is 81.9 Å². The molecule has 0 aromatic heterocycles. The minimum absolute atomic E-state index is 0.161. The highest BCUT2D eigenvalue weighted by Gasteiger charge is 2.30. The summed E-state index contributed by atoms with van der Waals surface area (Å²) in [7, 11) is 1.28. The fourth-order valence-electron chi connectivity index (χ4n) is 1.97. The molecule has 0 bridgehead atoms. The van der Waals surface area contributed by atoms with Crippen LogP contribution in [0.5, 0.6) is 0 Å². The van der Waals surface area contributed by atoms with Crippen LogP contribution in [-0.4, -0.2) is 49.7 Å². The van der Waals surface area contributed by atoms with E-state index in [1.165, 1.54) is 18.1 Å². The van der Waals surface area contributed by atoms with Gasteiger partial charge in [0.25, 0.3) is 5.91 Å². The third-order valence-electron chi connectivity index (χ3n) is 3.06. The van der Waals surface area contributed by atoms with E-state index in [1.54, 1.807) is 12.1 Å². The average Bonchev–Trinajstić information content (AvgIpc) is 2.48. The largest absolute Gasteiger partial charge is 0.467 e. The van der Waals surface area contributed by atoms with E-state index in [1.807, 2.05) is 0 Å². The zero-order valence-electron chi connectivity index (χ0n) is 11.0. The SMILES string of the molecule is COC(=O)C1CN(C(=O)c2ccc(Cl)c(N)c2)CCO1. The van der Waals surface area contributed by atoms with Crippen molar-refractivity contribution < 1.29 is 19.1 Å². The van der Waals surface area contributed by atoms with Crippen molar-refractivity contribution in [2.75, 3.05) is 32.5 Å². The number of carbonyl (C=O) groups excluding carboxylic acids is 2. The van der Waals surface area contributed by atoms with E-state index < -0.39 is 12.1 Å². The number of nitrogens with zero attached hydrogens (tertiary/aromatic N) is 1. The van der Waals surface area contributed by atoms with Crippen LogP contribution >= 0.6 is 11.6 Å². The number of ether oxygens (including phenoxy) is 2. The lowest BCUT2D eigenvalue weighted by atomic mass is 10.1. The van der Waals surface area contributed by atoms with E-state index in [4.69, 9.17) is 22.1 Å². The minimum Gasteiger partial charge on any atom is -0.467 e. The molecule has 1 heterocycles. The lowest BCUT2D eigenvalue weighted by molar-refractivity contribution is -0.158. The van der Waals surface area contributed by atoms with Gasteiger partial charge < -0.3 is 20.1 Å². The van der Waals surface area contributed by atoms with Crippen molar-refractivity contribution in [3.05, 3.63) is 28.8 Å². The Hall–Kier alpha value is -1.79. The van der Waals surface area contributed by atoms with Crippen LogP contribution in [0.4, 0.5) is 5.69 Å². The zero-order valence-corrected chi connectivity index (χ0v) is 11.7. The zero-order chi connectivity index (χ0) is 14.7. The highest BCUT2D eigenvalue weighted by Crippen LogP contribution is 2.21. The van der Waals surface area contributed by atoms with E-state index in [0.29, 0.717) is 22.8 Å². The van der Waals surface area contributed by atoms with Gasteiger partial charge in [0, 0.05) is 12.1 Å². The second kappa shape index (κ2) is 6.11. The van der Waals surface area contributed by atoms with Crippen molar-refractivity contribution in [1.82, 2.24) is 4.90 Å². The van der Waals surface area contributed by atoms with Crippen LogP contribution in [0.25, 0.3) is 0 Å². The Kier molecular flexibility index (Phi) is 4.46. The summed E-state index contributed by atoms with van der Waals surface area (Å²) >= 11 is 5.82. The van der Waals surface area contributed by atoms with Crippen molar-refractivity contribution in [2.24, 2.45) is 0 Å². The molecule has 1 aromatic rings. The van der Waals surface area contributed by atoms with Gasteiger partial charge in [-0.05, 0) is 18.2 Å². The van der Waals surface area contributed by atoms with E-state index in [0.717, 1.165) is 0 Å². The van der Waals surface area contributed by atoms with Crippen molar-refractivity contribution in [3.63, 3.8) is 0 Å². The summed E-state index contributed by atoms with van der Waals surface area (Å²) in [6.45, 7) is 0.859. The van der Waals surface area contributed by atoms with Crippen molar-refractivity contribution in [2.45, 2.75) is 6.10 Å². The average molecular weight is 299 g/mol. The molecule has 2 rings (SSSR count). The number of esters is 1. The molecule has 1 saturated heterocycles. The molecule has 1 atom stereocenters. The maximum atomic E-state index is 12.3. The molecular formula is C13H15ClN2O4. The van der Waals surface area contributed by atoms with Gasteiger partial charge in [0.2, 0.25) is 0 Å². The van der Waals surface area contributed by atoms with E-state index in [-0.39, 0.29) is 19.1 Å². The van der Waals surface area contributed by atoms with Crippen molar-refractivity contribution in [1.29, 1.82) is 0 Å². The van der Waals surface area contributed by atoms with Gasteiger partial charge >= 0.3 is 5.97 Å². The van der Waals surface area contributed by atoms with Gasteiger partial charge in [-0.25, -0.2) is 4.79 Å². The number of morpholine rings is 1. The molecule has 0 spiro atoms. The summed E-state index contributed by atoms with van der Waals surface area (Å²) in [6.07, 6.45) is -0.748. The Balaban J connectivity index is 2.12. The Morgan fingerprint density at radius 2 is 2.25 bits per heavy atom. The molecule has 0 radical (unpaired) electrons. The van der Waals surface area contributed by atoms with E-state index in [9.17, 15) is 9.59 Å². The summed E-state index contributed by atoms with van der Waals surface area (Å²) in [5.41, 5.74) is 6.45. The van der Waals surface area contributed by atoms with Gasteiger partial charge in [-0.1, -0.05) is 11.6 Å². The molecule has 2 N–H and O–H groups in total. The first-order valence-electron chi connectivity index (χ1n) is 6.06. The van der Waals surface area contributed by atoms with Crippen molar-refractivity contribution in [3.8, 4) is 0 Å². The third-order valence-corrected chi connectivity index (χ3v) is 3.40. The number of hydrogen-bond acceptors (Lipinski definition) is 5. The molecule has 1 unspecified atom stereocenters. The van der Waals surface area contributed by atoms with Gasteiger partial charge in [0.05, 0.1) is 31.0 Å². The maximum Gasteiger partial charge on any atom is 0.336 e. The molecule has 7 heteroatoms. The fourth-order valence-corrected chi connectivity index (χ4v) is 2.08. The number of anilines is 1. The number of benzene rings is 1. The van der Waals surface area contributed by atoms with Crippen LogP contribution < -0.4 is 5.73 Å². The molecule has 1 fully saturated rings. The normalized spacial score (nSPS) is 18.7. The maximum absolute atomic E-state index is 12.3. The highest BCUT2D eigenvalue weighted by atomic mass is 35.5.